The van der Waals surface area contributed by atoms with Gasteiger partial charge < -0.3 is 9.84 Å². The lowest BCUT2D eigenvalue weighted by Crippen LogP contribution is -2.31. The number of aliphatic hydroxyl groups excluding tert-OH is 1. The fourth-order valence-corrected chi connectivity index (χ4v) is 4.38. The Bertz CT molecular complexity index is 369. The van der Waals surface area contributed by atoms with Crippen molar-refractivity contribution in [3.63, 3.8) is 0 Å². The highest BCUT2D eigenvalue weighted by Crippen LogP contribution is 2.22. The molecule has 0 rings (SSSR count). The molecule has 0 aromatic rings. The van der Waals surface area contributed by atoms with Crippen LogP contribution in [0.25, 0.3) is 0 Å². The van der Waals surface area contributed by atoms with Crippen LogP contribution >= 0.6 is 0 Å². The Morgan fingerprint density at radius 3 is 1.42 bits per heavy atom. The number of hydrogen-bond acceptors (Lipinski definition) is 3. The van der Waals surface area contributed by atoms with Crippen molar-refractivity contribution in [1.29, 1.82) is 0 Å². The smallest absolute Gasteiger partial charge is 0.335 e. The van der Waals surface area contributed by atoms with Gasteiger partial charge in [-0.3, -0.25) is 0 Å². The minimum atomic E-state index is -0.937. The van der Waals surface area contributed by atoms with Crippen molar-refractivity contribution in [2.24, 2.45) is 5.92 Å². The molecule has 0 radical (unpaired) electrons. The second-order valence-corrected chi connectivity index (χ2v) is 9.61. The summed E-state index contributed by atoms with van der Waals surface area (Å²) >= 11 is 0. The van der Waals surface area contributed by atoms with Crippen LogP contribution in [-0.4, -0.2) is 23.8 Å². The molecule has 1 N–H and O–H groups in total. The van der Waals surface area contributed by atoms with Crippen LogP contribution in [0.1, 0.15) is 156 Å². The molecule has 3 heteroatoms. The van der Waals surface area contributed by atoms with E-state index in [1.807, 2.05) is 0 Å². The first kappa shape index (κ1) is 30.4. The molecule has 2 unspecified atom stereocenters. The van der Waals surface area contributed by atoms with Crippen LogP contribution in [0, 0.1) is 5.92 Å². The summed E-state index contributed by atoms with van der Waals surface area (Å²) in [6, 6.07) is 0. The molecule has 0 saturated carbocycles. The van der Waals surface area contributed by atoms with E-state index in [1.165, 1.54) is 96.3 Å². The number of aliphatic hydroxyl groups is 1. The first-order chi connectivity index (χ1) is 15.2. The van der Waals surface area contributed by atoms with E-state index in [1.54, 1.807) is 0 Å². The molecule has 0 aliphatic heterocycles. The Kier molecular flexibility index (Phi) is 23.6. The third-order valence-corrected chi connectivity index (χ3v) is 6.52. The maximum Gasteiger partial charge on any atom is 0.335 e. The Labute approximate surface area is 195 Å². The molecular formula is C28H56O3. The lowest BCUT2D eigenvalue weighted by atomic mass is 9.91. The van der Waals surface area contributed by atoms with Crippen LogP contribution in [0.15, 0.2) is 0 Å². The van der Waals surface area contributed by atoms with Gasteiger partial charge in [0.1, 0.15) is 0 Å². The SMILES string of the molecule is CCCCCCCCCCCCCCCCCCC(CCC)C(O)C(=O)OCCCC. The van der Waals surface area contributed by atoms with E-state index in [0.717, 1.165) is 38.5 Å². The summed E-state index contributed by atoms with van der Waals surface area (Å²) < 4.78 is 5.22. The van der Waals surface area contributed by atoms with Gasteiger partial charge in [-0.05, 0) is 25.2 Å². The topological polar surface area (TPSA) is 46.5 Å². The van der Waals surface area contributed by atoms with Gasteiger partial charge in [0, 0.05) is 0 Å². The highest BCUT2D eigenvalue weighted by Gasteiger charge is 2.26. The zero-order valence-corrected chi connectivity index (χ0v) is 21.5. The van der Waals surface area contributed by atoms with E-state index in [4.69, 9.17) is 4.74 Å². The molecule has 0 aromatic heterocycles. The molecule has 2 atom stereocenters. The molecular weight excluding hydrogens is 384 g/mol. The molecule has 0 aliphatic carbocycles. The number of carbonyl (C=O) groups is 1. The van der Waals surface area contributed by atoms with Gasteiger partial charge >= 0.3 is 5.97 Å². The summed E-state index contributed by atoms with van der Waals surface area (Å²) in [6.45, 7) is 6.91. The van der Waals surface area contributed by atoms with Gasteiger partial charge in [-0.15, -0.1) is 0 Å². The standard InChI is InChI=1S/C28H56O3/c1-4-7-9-10-11-12-13-14-15-16-17-18-19-20-21-22-24-26(23-6-3)27(29)28(30)31-25-8-5-2/h26-27,29H,4-25H2,1-3H3. The summed E-state index contributed by atoms with van der Waals surface area (Å²) in [5, 5.41) is 10.4. The van der Waals surface area contributed by atoms with Crippen LogP contribution in [-0.2, 0) is 9.53 Å². The molecule has 0 spiro atoms. The maximum atomic E-state index is 12.0. The van der Waals surface area contributed by atoms with E-state index >= 15 is 0 Å². The van der Waals surface area contributed by atoms with Gasteiger partial charge in [0.25, 0.3) is 0 Å². The second kappa shape index (κ2) is 24.1. The third kappa shape index (κ3) is 19.8. The first-order valence-electron chi connectivity index (χ1n) is 14.0. The molecule has 0 heterocycles. The van der Waals surface area contributed by atoms with Crippen molar-refractivity contribution < 1.29 is 14.6 Å². The molecule has 0 fully saturated rings. The highest BCUT2D eigenvalue weighted by molar-refractivity contribution is 5.74. The van der Waals surface area contributed by atoms with Crippen molar-refractivity contribution in [3.8, 4) is 0 Å². The number of carbonyl (C=O) groups excluding carboxylic acids is 1. The fraction of sp³-hybridized carbons (Fsp3) is 0.964. The molecule has 0 aromatic carbocycles. The lowest BCUT2D eigenvalue weighted by molar-refractivity contribution is -0.157. The van der Waals surface area contributed by atoms with Crippen molar-refractivity contribution >= 4 is 5.97 Å². The summed E-state index contributed by atoms with van der Waals surface area (Å²) in [5.41, 5.74) is 0. The molecule has 0 bridgehead atoms. The van der Waals surface area contributed by atoms with Crippen LogP contribution < -0.4 is 0 Å². The summed E-state index contributed by atoms with van der Waals surface area (Å²) in [4.78, 5) is 12.0. The summed E-state index contributed by atoms with van der Waals surface area (Å²) in [7, 11) is 0. The third-order valence-electron chi connectivity index (χ3n) is 6.52. The molecule has 0 saturated heterocycles. The number of esters is 1. The van der Waals surface area contributed by atoms with Crippen molar-refractivity contribution in [1.82, 2.24) is 0 Å². The van der Waals surface area contributed by atoms with Gasteiger partial charge in [0.05, 0.1) is 6.61 Å². The summed E-state index contributed by atoms with van der Waals surface area (Å²) in [5.74, 6) is -0.353. The van der Waals surface area contributed by atoms with Gasteiger partial charge in [0.2, 0.25) is 0 Å². The molecule has 186 valence electrons. The first-order valence-corrected chi connectivity index (χ1v) is 14.0. The molecule has 0 amide bonds. The van der Waals surface area contributed by atoms with Crippen LogP contribution in [0.2, 0.25) is 0 Å². The van der Waals surface area contributed by atoms with E-state index in [-0.39, 0.29) is 5.92 Å². The normalized spacial score (nSPS) is 13.3. The zero-order valence-electron chi connectivity index (χ0n) is 21.5. The molecule has 0 aliphatic rings. The van der Waals surface area contributed by atoms with Crippen molar-refractivity contribution in [2.45, 2.75) is 162 Å². The largest absolute Gasteiger partial charge is 0.464 e. The Morgan fingerprint density at radius 1 is 0.581 bits per heavy atom. The van der Waals surface area contributed by atoms with Gasteiger partial charge in [0.15, 0.2) is 6.10 Å². The minimum Gasteiger partial charge on any atom is -0.464 e. The van der Waals surface area contributed by atoms with Crippen molar-refractivity contribution in [3.05, 3.63) is 0 Å². The van der Waals surface area contributed by atoms with Crippen molar-refractivity contribution in [2.75, 3.05) is 6.61 Å². The van der Waals surface area contributed by atoms with E-state index in [0.29, 0.717) is 6.61 Å². The zero-order chi connectivity index (χ0) is 23.0. The number of hydrogen-bond donors (Lipinski definition) is 1. The Morgan fingerprint density at radius 2 is 1.00 bits per heavy atom. The average molecular weight is 441 g/mol. The van der Waals surface area contributed by atoms with E-state index in [9.17, 15) is 9.90 Å². The van der Waals surface area contributed by atoms with E-state index in [2.05, 4.69) is 20.8 Å². The summed E-state index contributed by atoms with van der Waals surface area (Å²) in [6.07, 6.45) is 25.7. The molecule has 3 nitrogen and oxygen atoms in total. The highest BCUT2D eigenvalue weighted by atomic mass is 16.5. The molecule has 31 heavy (non-hydrogen) atoms. The monoisotopic (exact) mass is 440 g/mol. The average Bonchev–Trinajstić information content (AvgIpc) is 2.77. The van der Waals surface area contributed by atoms with Gasteiger partial charge in [-0.25, -0.2) is 4.79 Å². The second-order valence-electron chi connectivity index (χ2n) is 9.61. The predicted molar refractivity (Wildman–Crippen MR) is 134 cm³/mol. The van der Waals surface area contributed by atoms with Crippen LogP contribution in [0.4, 0.5) is 0 Å². The lowest BCUT2D eigenvalue weighted by Gasteiger charge is -2.21. The Balaban J connectivity index is 3.56. The van der Waals surface area contributed by atoms with Gasteiger partial charge in [-0.2, -0.15) is 0 Å². The maximum absolute atomic E-state index is 12.0. The number of ether oxygens (including phenoxy) is 1. The Hall–Kier alpha value is -0.570. The quantitative estimate of drug-likeness (QED) is 0.120. The van der Waals surface area contributed by atoms with Crippen LogP contribution in [0.3, 0.4) is 0 Å². The van der Waals surface area contributed by atoms with E-state index < -0.39 is 12.1 Å². The number of unbranched alkanes of at least 4 members (excludes halogenated alkanes) is 16. The minimum absolute atomic E-state index is 0.0609. The van der Waals surface area contributed by atoms with Gasteiger partial charge in [-0.1, -0.05) is 136 Å². The van der Waals surface area contributed by atoms with Crippen LogP contribution in [0.5, 0.6) is 0 Å². The predicted octanol–water partition coefficient (Wildman–Crippen LogP) is 8.76. The number of rotatable bonds is 24. The fourth-order valence-electron chi connectivity index (χ4n) is 4.38.